The normalized spacial score (nSPS) is 11.2. The highest BCUT2D eigenvalue weighted by atomic mass is 127. The predicted octanol–water partition coefficient (Wildman–Crippen LogP) is 2.54. The number of hydrazine groups is 1. The molecular formula is C11H10BrIN4O2S. The van der Waals surface area contributed by atoms with Crippen molar-refractivity contribution in [2.45, 2.75) is 4.90 Å². The van der Waals surface area contributed by atoms with Crippen molar-refractivity contribution in [1.29, 1.82) is 0 Å². The molecule has 0 aliphatic rings. The number of anilines is 2. The first-order valence-corrected chi connectivity index (χ1v) is 8.68. The summed E-state index contributed by atoms with van der Waals surface area (Å²) in [6.45, 7) is 0. The Morgan fingerprint density at radius 3 is 2.70 bits per heavy atom. The van der Waals surface area contributed by atoms with Crippen LogP contribution < -0.4 is 16.0 Å². The number of rotatable bonds is 4. The van der Waals surface area contributed by atoms with Gasteiger partial charge in [-0.05, 0) is 62.8 Å². The van der Waals surface area contributed by atoms with Crippen LogP contribution in [0.1, 0.15) is 0 Å². The second kappa shape index (κ2) is 6.24. The van der Waals surface area contributed by atoms with E-state index in [2.05, 4.69) is 53.7 Å². The maximum Gasteiger partial charge on any atom is 0.265 e. The first-order valence-electron chi connectivity index (χ1n) is 5.32. The molecule has 0 unspecified atom stereocenters. The Hall–Kier alpha value is -0.910. The van der Waals surface area contributed by atoms with Gasteiger partial charge in [0.2, 0.25) is 0 Å². The van der Waals surface area contributed by atoms with Gasteiger partial charge in [-0.3, -0.25) is 15.5 Å². The van der Waals surface area contributed by atoms with E-state index in [4.69, 9.17) is 5.84 Å². The van der Waals surface area contributed by atoms with Crippen LogP contribution >= 0.6 is 38.5 Å². The summed E-state index contributed by atoms with van der Waals surface area (Å²) in [6, 6.07) is 6.83. The van der Waals surface area contributed by atoms with E-state index in [9.17, 15) is 8.42 Å². The van der Waals surface area contributed by atoms with E-state index in [1.165, 1.54) is 18.5 Å². The molecule has 0 bridgehead atoms. The van der Waals surface area contributed by atoms with Gasteiger partial charge in [-0.1, -0.05) is 0 Å². The number of nitrogens with two attached hydrogens (primary N) is 1. The summed E-state index contributed by atoms with van der Waals surface area (Å²) in [4.78, 5) is 3.79. The molecule has 0 fully saturated rings. The molecule has 1 aromatic heterocycles. The van der Waals surface area contributed by atoms with Crippen LogP contribution in [-0.4, -0.2) is 13.4 Å². The highest BCUT2D eigenvalue weighted by Crippen LogP contribution is 2.28. The maximum absolute atomic E-state index is 12.4. The van der Waals surface area contributed by atoms with Crippen LogP contribution in [0.25, 0.3) is 0 Å². The van der Waals surface area contributed by atoms with Crippen molar-refractivity contribution in [3.63, 3.8) is 0 Å². The van der Waals surface area contributed by atoms with Crippen molar-refractivity contribution in [3.8, 4) is 0 Å². The summed E-state index contributed by atoms with van der Waals surface area (Å²) >= 11 is 5.41. The Kier molecular flexibility index (Phi) is 4.83. The average Bonchev–Trinajstić information content (AvgIpc) is 2.42. The van der Waals surface area contributed by atoms with E-state index < -0.39 is 10.0 Å². The molecule has 6 nitrogen and oxygen atoms in total. The summed E-state index contributed by atoms with van der Waals surface area (Å²) in [5, 5.41) is 0. The van der Waals surface area contributed by atoms with Crippen molar-refractivity contribution in [2.24, 2.45) is 5.84 Å². The lowest BCUT2D eigenvalue weighted by molar-refractivity contribution is 0.601. The molecule has 0 saturated carbocycles. The van der Waals surface area contributed by atoms with E-state index in [1.54, 1.807) is 12.1 Å². The zero-order valence-corrected chi connectivity index (χ0v) is 14.5. The van der Waals surface area contributed by atoms with Crippen molar-refractivity contribution in [3.05, 3.63) is 44.7 Å². The van der Waals surface area contributed by atoms with Crippen LogP contribution in [0.2, 0.25) is 0 Å². The van der Waals surface area contributed by atoms with Gasteiger partial charge in [-0.15, -0.1) is 0 Å². The number of sulfonamides is 1. The van der Waals surface area contributed by atoms with Gasteiger partial charge in [0.15, 0.2) is 0 Å². The highest BCUT2D eigenvalue weighted by Gasteiger charge is 2.19. The van der Waals surface area contributed by atoms with Gasteiger partial charge in [0.1, 0.15) is 4.90 Å². The minimum atomic E-state index is -3.78. The Morgan fingerprint density at radius 1 is 1.25 bits per heavy atom. The molecule has 1 heterocycles. The largest absolute Gasteiger partial charge is 0.323 e. The van der Waals surface area contributed by atoms with E-state index in [0.29, 0.717) is 10.2 Å². The molecule has 0 amide bonds. The molecule has 0 spiro atoms. The molecule has 0 aliphatic heterocycles. The van der Waals surface area contributed by atoms with E-state index in [-0.39, 0.29) is 10.6 Å². The quantitative estimate of drug-likeness (QED) is 0.364. The molecular weight excluding hydrogens is 459 g/mol. The fourth-order valence-corrected chi connectivity index (χ4v) is 3.64. The monoisotopic (exact) mass is 468 g/mol. The van der Waals surface area contributed by atoms with Gasteiger partial charge in [0.25, 0.3) is 10.0 Å². The smallest absolute Gasteiger partial charge is 0.265 e. The highest BCUT2D eigenvalue weighted by molar-refractivity contribution is 14.1. The topological polar surface area (TPSA) is 97.1 Å². The fourth-order valence-electron chi connectivity index (χ4n) is 1.49. The standard InChI is InChI=1S/C11H10BrIN4O2S/c12-8-2-1-7(13)5-10(8)17-20(18,19)11-6-15-4-3-9(11)16-14/h1-6,17H,14H2,(H,15,16). The zero-order chi connectivity index (χ0) is 14.8. The van der Waals surface area contributed by atoms with Crippen molar-refractivity contribution in [1.82, 2.24) is 4.98 Å². The van der Waals surface area contributed by atoms with E-state index >= 15 is 0 Å². The molecule has 106 valence electrons. The number of benzene rings is 1. The van der Waals surface area contributed by atoms with Gasteiger partial charge in [-0.2, -0.15) is 0 Å². The van der Waals surface area contributed by atoms with E-state index in [1.807, 2.05) is 6.07 Å². The molecule has 0 aliphatic carbocycles. The van der Waals surface area contributed by atoms with E-state index in [0.717, 1.165) is 3.57 Å². The van der Waals surface area contributed by atoms with Gasteiger partial charge in [0.05, 0.1) is 11.4 Å². The second-order valence-corrected chi connectivity index (χ2v) is 7.50. The Labute approximate surface area is 138 Å². The lowest BCUT2D eigenvalue weighted by Crippen LogP contribution is -2.18. The van der Waals surface area contributed by atoms with Crippen LogP contribution in [-0.2, 0) is 10.0 Å². The molecule has 0 radical (unpaired) electrons. The third-order valence-electron chi connectivity index (χ3n) is 2.40. The van der Waals surface area contributed by atoms with Gasteiger partial charge in [-0.25, -0.2) is 8.42 Å². The Morgan fingerprint density at radius 2 is 2.00 bits per heavy atom. The van der Waals surface area contributed by atoms with Crippen LogP contribution in [0.5, 0.6) is 0 Å². The lowest BCUT2D eigenvalue weighted by atomic mass is 10.3. The predicted molar refractivity (Wildman–Crippen MR) is 89.7 cm³/mol. The molecule has 20 heavy (non-hydrogen) atoms. The summed E-state index contributed by atoms with van der Waals surface area (Å²) in [5.41, 5.74) is 3.06. The molecule has 2 aromatic rings. The van der Waals surface area contributed by atoms with Crippen molar-refractivity contribution < 1.29 is 8.42 Å². The third kappa shape index (κ3) is 3.40. The number of aromatic nitrogens is 1. The van der Waals surface area contributed by atoms with Gasteiger partial charge < -0.3 is 5.43 Å². The Bertz CT molecular complexity index is 739. The fraction of sp³-hybridized carbons (Fsp3) is 0. The van der Waals surface area contributed by atoms with Crippen molar-refractivity contribution >= 4 is 59.9 Å². The molecule has 1 aromatic carbocycles. The Balaban J connectivity index is 2.43. The third-order valence-corrected chi connectivity index (χ3v) is 5.16. The van der Waals surface area contributed by atoms with Crippen molar-refractivity contribution in [2.75, 3.05) is 10.1 Å². The minimum absolute atomic E-state index is 0.0201. The number of hydrogen-bond acceptors (Lipinski definition) is 5. The van der Waals surface area contributed by atoms with Gasteiger partial charge >= 0.3 is 0 Å². The average molecular weight is 469 g/mol. The zero-order valence-electron chi connectivity index (χ0n) is 9.97. The molecule has 9 heteroatoms. The summed E-state index contributed by atoms with van der Waals surface area (Å²) < 4.78 is 28.8. The SMILES string of the molecule is NNc1ccncc1S(=O)(=O)Nc1cc(I)ccc1Br. The van der Waals surface area contributed by atoms with Crippen LogP contribution in [0.4, 0.5) is 11.4 Å². The summed E-state index contributed by atoms with van der Waals surface area (Å²) in [6.07, 6.45) is 2.69. The van der Waals surface area contributed by atoms with Crippen LogP contribution in [0, 0.1) is 3.57 Å². The molecule has 0 saturated heterocycles. The lowest BCUT2D eigenvalue weighted by Gasteiger charge is -2.12. The first kappa shape index (κ1) is 15.5. The maximum atomic E-state index is 12.4. The summed E-state index contributed by atoms with van der Waals surface area (Å²) in [5.74, 6) is 5.31. The van der Waals surface area contributed by atoms with Crippen LogP contribution in [0.3, 0.4) is 0 Å². The number of nitrogen functional groups attached to an aromatic ring is 1. The second-order valence-electron chi connectivity index (χ2n) is 3.75. The molecule has 0 atom stereocenters. The number of nitrogens with one attached hydrogen (secondary N) is 2. The number of hydrogen-bond donors (Lipinski definition) is 3. The molecule has 2 rings (SSSR count). The minimum Gasteiger partial charge on any atom is -0.323 e. The number of halogens is 2. The number of nitrogens with zero attached hydrogens (tertiary/aromatic N) is 1. The first-order chi connectivity index (χ1) is 9.44. The number of pyridine rings is 1. The molecule has 4 N–H and O–H groups in total. The summed E-state index contributed by atoms with van der Waals surface area (Å²) in [7, 11) is -3.78. The van der Waals surface area contributed by atoms with Gasteiger partial charge in [0, 0.05) is 20.4 Å². The van der Waals surface area contributed by atoms with Crippen LogP contribution in [0.15, 0.2) is 46.0 Å².